The number of thiophene rings is 1. The minimum atomic E-state index is 0.632. The zero-order valence-electron chi connectivity index (χ0n) is 27.9. The largest absolute Gasteiger partial charge is 0.308 e. The van der Waals surface area contributed by atoms with Crippen LogP contribution in [0.5, 0.6) is 0 Å². The Morgan fingerprint density at radius 2 is 0.981 bits per heavy atom. The average Bonchev–Trinajstić information content (AvgIpc) is 3.77. The van der Waals surface area contributed by atoms with E-state index in [-0.39, 0.29) is 0 Å². The summed E-state index contributed by atoms with van der Waals surface area (Å²) in [5, 5.41) is 9.58. The predicted octanol–water partition coefficient (Wildman–Crippen LogP) is 12.6. The average molecular weight is 681 g/mol. The van der Waals surface area contributed by atoms with Crippen molar-refractivity contribution in [2.75, 3.05) is 0 Å². The number of nitrogens with zero attached hydrogens (tertiary/aromatic N) is 4. The molecule has 0 atom stereocenters. The van der Waals surface area contributed by atoms with Crippen LogP contribution in [0, 0.1) is 0 Å². The molecule has 0 amide bonds. The molecule has 0 N–H and O–H groups in total. The number of para-hydroxylation sites is 1. The normalized spacial score (nSPS) is 11.8. The summed E-state index contributed by atoms with van der Waals surface area (Å²) >= 11 is 1.80. The van der Waals surface area contributed by atoms with Gasteiger partial charge in [-0.2, -0.15) is 0 Å². The highest BCUT2D eigenvalue weighted by molar-refractivity contribution is 7.25. The monoisotopic (exact) mass is 680 g/mol. The maximum Gasteiger partial charge on any atom is 0.166 e. The zero-order chi connectivity index (χ0) is 34.2. The van der Waals surface area contributed by atoms with Crippen LogP contribution in [-0.4, -0.2) is 19.5 Å². The van der Waals surface area contributed by atoms with Gasteiger partial charge in [0.05, 0.1) is 16.7 Å². The summed E-state index contributed by atoms with van der Waals surface area (Å²) in [6.07, 6.45) is 0. The Hall–Kier alpha value is -6.69. The molecule has 0 aliphatic carbocycles. The lowest BCUT2D eigenvalue weighted by atomic mass is 10.0. The molecule has 242 valence electrons. The van der Waals surface area contributed by atoms with Crippen molar-refractivity contribution in [1.29, 1.82) is 0 Å². The molecule has 0 unspecified atom stereocenters. The van der Waals surface area contributed by atoms with E-state index in [1.165, 1.54) is 41.7 Å². The molecule has 3 heterocycles. The van der Waals surface area contributed by atoms with Crippen LogP contribution in [0.3, 0.4) is 0 Å². The van der Waals surface area contributed by atoms with Crippen LogP contribution in [0.1, 0.15) is 0 Å². The van der Waals surface area contributed by atoms with E-state index in [1.54, 1.807) is 11.3 Å². The molecule has 11 aromatic rings. The molecular formula is C47H28N4S. The Morgan fingerprint density at radius 1 is 0.365 bits per heavy atom. The van der Waals surface area contributed by atoms with Crippen molar-refractivity contribution in [3.05, 3.63) is 170 Å². The summed E-state index contributed by atoms with van der Waals surface area (Å²) in [7, 11) is 0. The number of aromatic nitrogens is 4. The van der Waals surface area contributed by atoms with E-state index in [2.05, 4.69) is 156 Å². The highest BCUT2D eigenvalue weighted by atomic mass is 32.1. The lowest BCUT2D eigenvalue weighted by molar-refractivity contribution is 1.07. The molecule has 0 saturated carbocycles. The van der Waals surface area contributed by atoms with Gasteiger partial charge in [0.25, 0.3) is 0 Å². The van der Waals surface area contributed by atoms with Crippen molar-refractivity contribution in [1.82, 2.24) is 19.5 Å². The lowest BCUT2D eigenvalue weighted by Gasteiger charge is -2.17. The Balaban J connectivity index is 1.27. The molecule has 11 rings (SSSR count). The van der Waals surface area contributed by atoms with Gasteiger partial charge in [-0.25, -0.2) is 15.0 Å². The van der Waals surface area contributed by atoms with Crippen LogP contribution in [0.15, 0.2) is 170 Å². The zero-order valence-corrected chi connectivity index (χ0v) is 28.7. The van der Waals surface area contributed by atoms with E-state index >= 15 is 0 Å². The van der Waals surface area contributed by atoms with Crippen molar-refractivity contribution in [2.24, 2.45) is 0 Å². The minimum Gasteiger partial charge on any atom is -0.308 e. The van der Waals surface area contributed by atoms with Gasteiger partial charge in [-0.1, -0.05) is 140 Å². The highest BCUT2D eigenvalue weighted by Gasteiger charge is 2.23. The van der Waals surface area contributed by atoms with Crippen LogP contribution in [-0.2, 0) is 0 Å². The summed E-state index contributed by atoms with van der Waals surface area (Å²) in [4.78, 5) is 15.9. The van der Waals surface area contributed by atoms with Gasteiger partial charge in [-0.3, -0.25) is 0 Å². The Kier molecular flexibility index (Phi) is 6.39. The van der Waals surface area contributed by atoms with Gasteiger partial charge in [0.1, 0.15) is 0 Å². The summed E-state index contributed by atoms with van der Waals surface area (Å²) in [5.74, 6) is 1.93. The fourth-order valence-corrected chi connectivity index (χ4v) is 9.08. The topological polar surface area (TPSA) is 43.6 Å². The van der Waals surface area contributed by atoms with Gasteiger partial charge in [-0.05, 0) is 46.5 Å². The number of benzene rings is 8. The van der Waals surface area contributed by atoms with E-state index < -0.39 is 0 Å². The molecule has 5 heteroatoms. The second-order valence-corrected chi connectivity index (χ2v) is 14.2. The SMILES string of the molecule is c1ccc(-c2nc(-c3ccc4ccccc4c3-n3c4ccccc4c4c5ccccc5ccc43)nc(-c3cccc4sc5ccccc5c34)n2)cc1. The van der Waals surface area contributed by atoms with Crippen LogP contribution < -0.4 is 0 Å². The number of rotatable bonds is 4. The Labute approximate surface area is 302 Å². The van der Waals surface area contributed by atoms with Crippen LogP contribution >= 0.6 is 11.3 Å². The first-order valence-electron chi connectivity index (χ1n) is 17.5. The summed E-state index contributed by atoms with van der Waals surface area (Å²) in [6.45, 7) is 0. The van der Waals surface area contributed by atoms with Gasteiger partial charge in [-0.15, -0.1) is 11.3 Å². The fourth-order valence-electron chi connectivity index (χ4n) is 7.95. The molecule has 0 aliphatic rings. The summed E-state index contributed by atoms with van der Waals surface area (Å²) in [5.41, 5.74) is 6.22. The molecular weight excluding hydrogens is 653 g/mol. The van der Waals surface area contributed by atoms with E-state index in [0.717, 1.165) is 44.2 Å². The van der Waals surface area contributed by atoms with Gasteiger partial charge in [0, 0.05) is 53.0 Å². The molecule has 4 nitrogen and oxygen atoms in total. The van der Waals surface area contributed by atoms with E-state index in [4.69, 9.17) is 15.0 Å². The predicted molar refractivity (Wildman–Crippen MR) is 218 cm³/mol. The second-order valence-electron chi connectivity index (χ2n) is 13.2. The standard InChI is InChI=1S/C47H28N4S/c1-2-15-31(16-3-1)45-48-46(36-21-12-24-41-43(36)35-20-9-11-23-40(35)52-41)50-47(49-45)37-27-25-30-14-5-7-18-33(30)44(37)51-38-22-10-8-19-34(38)42-32-17-6-4-13-29(32)26-28-39(42)51/h1-28H. The van der Waals surface area contributed by atoms with E-state index in [9.17, 15) is 0 Å². The first-order chi connectivity index (χ1) is 25.8. The van der Waals surface area contributed by atoms with E-state index in [1.807, 2.05) is 18.2 Å². The molecule has 3 aromatic heterocycles. The molecule has 0 saturated heterocycles. The number of hydrogen-bond acceptors (Lipinski definition) is 4. The van der Waals surface area contributed by atoms with Crippen LogP contribution in [0.25, 0.3) is 103 Å². The van der Waals surface area contributed by atoms with Gasteiger partial charge in [0.15, 0.2) is 17.5 Å². The smallest absolute Gasteiger partial charge is 0.166 e. The van der Waals surface area contributed by atoms with Crippen molar-refractivity contribution in [3.8, 4) is 39.9 Å². The molecule has 0 radical (unpaired) electrons. The third-order valence-electron chi connectivity index (χ3n) is 10.2. The van der Waals surface area contributed by atoms with Crippen molar-refractivity contribution in [2.45, 2.75) is 0 Å². The number of hydrogen-bond donors (Lipinski definition) is 0. The maximum atomic E-state index is 5.39. The maximum absolute atomic E-state index is 5.39. The van der Waals surface area contributed by atoms with E-state index in [0.29, 0.717) is 17.5 Å². The van der Waals surface area contributed by atoms with Crippen LogP contribution in [0.2, 0.25) is 0 Å². The van der Waals surface area contributed by atoms with Crippen molar-refractivity contribution < 1.29 is 0 Å². The van der Waals surface area contributed by atoms with Gasteiger partial charge >= 0.3 is 0 Å². The fraction of sp³-hybridized carbons (Fsp3) is 0. The molecule has 0 spiro atoms. The first-order valence-corrected chi connectivity index (χ1v) is 18.3. The van der Waals surface area contributed by atoms with Crippen molar-refractivity contribution >= 4 is 74.9 Å². The van der Waals surface area contributed by atoms with Gasteiger partial charge < -0.3 is 4.57 Å². The first kappa shape index (κ1) is 29.1. The third kappa shape index (κ3) is 4.36. The molecule has 52 heavy (non-hydrogen) atoms. The number of fused-ring (bicyclic) bond motifs is 9. The summed E-state index contributed by atoms with van der Waals surface area (Å²) < 4.78 is 4.89. The Bertz CT molecular complexity index is 3190. The molecule has 0 fully saturated rings. The second kappa shape index (κ2) is 11.4. The third-order valence-corrected chi connectivity index (χ3v) is 11.4. The Morgan fingerprint density at radius 3 is 1.83 bits per heavy atom. The quantitative estimate of drug-likeness (QED) is 0.186. The van der Waals surface area contributed by atoms with Crippen LogP contribution in [0.4, 0.5) is 0 Å². The molecule has 0 bridgehead atoms. The minimum absolute atomic E-state index is 0.632. The van der Waals surface area contributed by atoms with Crippen molar-refractivity contribution in [3.63, 3.8) is 0 Å². The van der Waals surface area contributed by atoms with Gasteiger partial charge in [0.2, 0.25) is 0 Å². The highest BCUT2D eigenvalue weighted by Crippen LogP contribution is 2.43. The summed E-state index contributed by atoms with van der Waals surface area (Å²) in [6, 6.07) is 60.2. The molecule has 0 aliphatic heterocycles. The molecule has 8 aromatic carbocycles. The lowest BCUT2D eigenvalue weighted by Crippen LogP contribution is -2.04.